The van der Waals surface area contributed by atoms with E-state index in [0.29, 0.717) is 11.6 Å². The van der Waals surface area contributed by atoms with Gasteiger partial charge in [-0.05, 0) is 18.4 Å². The molecule has 0 aliphatic heterocycles. The molecule has 1 N–H and O–H groups in total. The first-order valence-electron chi connectivity index (χ1n) is 5.88. The molecule has 17 heavy (non-hydrogen) atoms. The van der Waals surface area contributed by atoms with Crippen molar-refractivity contribution in [2.24, 2.45) is 5.92 Å². The zero-order valence-corrected chi connectivity index (χ0v) is 10.6. The Morgan fingerprint density at radius 3 is 2.76 bits per heavy atom. The van der Waals surface area contributed by atoms with Crippen molar-refractivity contribution in [3.63, 3.8) is 0 Å². The molecule has 1 aromatic heterocycles. The van der Waals surface area contributed by atoms with Crippen molar-refractivity contribution in [2.45, 2.75) is 33.2 Å². The van der Waals surface area contributed by atoms with Gasteiger partial charge >= 0.3 is 0 Å². The second-order valence-corrected chi connectivity index (χ2v) is 4.23. The van der Waals surface area contributed by atoms with Crippen molar-refractivity contribution in [2.75, 3.05) is 0 Å². The molecule has 1 rings (SSSR count). The van der Waals surface area contributed by atoms with Gasteiger partial charge in [0.1, 0.15) is 0 Å². The zero-order chi connectivity index (χ0) is 12.7. The maximum atomic E-state index is 11.6. The minimum Gasteiger partial charge on any atom is -0.350 e. The Morgan fingerprint density at radius 1 is 1.47 bits per heavy atom. The fraction of sp³-hybridized carbons (Fsp3) is 0.462. The van der Waals surface area contributed by atoms with Crippen LogP contribution in [0.1, 0.15) is 32.9 Å². The van der Waals surface area contributed by atoms with Gasteiger partial charge in [0.05, 0.1) is 11.9 Å². The molecule has 0 radical (unpaired) electrons. The van der Waals surface area contributed by atoms with Gasteiger partial charge in [-0.1, -0.05) is 20.8 Å². The lowest BCUT2D eigenvalue weighted by Crippen LogP contribution is -2.36. The van der Waals surface area contributed by atoms with Crippen LogP contribution in [0.15, 0.2) is 24.7 Å². The second-order valence-electron chi connectivity index (χ2n) is 4.23. The average Bonchev–Trinajstić information content (AvgIpc) is 2.34. The van der Waals surface area contributed by atoms with Crippen molar-refractivity contribution in [1.82, 2.24) is 15.3 Å². The molecule has 4 heteroatoms. The molecule has 1 aromatic rings. The van der Waals surface area contributed by atoms with Gasteiger partial charge in [-0.2, -0.15) is 0 Å². The van der Waals surface area contributed by atoms with Crippen molar-refractivity contribution in [3.05, 3.63) is 30.4 Å². The highest BCUT2D eigenvalue weighted by Crippen LogP contribution is 2.05. The molecule has 1 heterocycles. The average molecular weight is 233 g/mol. The molecule has 0 saturated carbocycles. The van der Waals surface area contributed by atoms with E-state index in [2.05, 4.69) is 36.1 Å². The molecule has 4 nitrogen and oxygen atoms in total. The predicted octanol–water partition coefficient (Wildman–Crippen LogP) is 2.04. The number of hydrogen-bond donors (Lipinski definition) is 1. The third kappa shape index (κ3) is 4.76. The third-order valence-corrected chi connectivity index (χ3v) is 2.56. The SMILES string of the molecule is CCC(NC(=O)C=Cc1cnccn1)C(C)C. The number of aromatic nitrogens is 2. The van der Waals surface area contributed by atoms with Gasteiger partial charge in [0.15, 0.2) is 0 Å². The summed E-state index contributed by atoms with van der Waals surface area (Å²) in [5.74, 6) is 0.352. The smallest absolute Gasteiger partial charge is 0.244 e. The molecule has 0 saturated heterocycles. The van der Waals surface area contributed by atoms with Crippen molar-refractivity contribution in [1.29, 1.82) is 0 Å². The Labute approximate surface area is 102 Å². The number of carbonyl (C=O) groups excluding carboxylic acids is 1. The maximum Gasteiger partial charge on any atom is 0.244 e. The van der Waals surface area contributed by atoms with E-state index in [9.17, 15) is 4.79 Å². The molecular formula is C13H19N3O. The van der Waals surface area contributed by atoms with Crippen LogP contribution in [0.5, 0.6) is 0 Å². The topological polar surface area (TPSA) is 54.9 Å². The van der Waals surface area contributed by atoms with Gasteiger partial charge < -0.3 is 5.32 Å². The Morgan fingerprint density at radius 2 is 2.24 bits per heavy atom. The van der Waals surface area contributed by atoms with Crippen molar-refractivity contribution >= 4 is 12.0 Å². The van der Waals surface area contributed by atoms with Crippen LogP contribution in [0, 0.1) is 5.92 Å². The minimum atomic E-state index is -0.0868. The molecule has 0 bridgehead atoms. The number of nitrogens with one attached hydrogen (secondary N) is 1. The summed E-state index contributed by atoms with van der Waals surface area (Å²) in [7, 11) is 0. The Kier molecular flexibility index (Phi) is 5.33. The normalized spacial score (nSPS) is 12.9. The number of nitrogens with zero attached hydrogens (tertiary/aromatic N) is 2. The van der Waals surface area contributed by atoms with Crippen LogP contribution in [0.3, 0.4) is 0 Å². The monoisotopic (exact) mass is 233 g/mol. The summed E-state index contributed by atoms with van der Waals surface area (Å²) in [5, 5.41) is 2.96. The number of amides is 1. The number of hydrogen-bond acceptors (Lipinski definition) is 3. The Hall–Kier alpha value is -1.71. The van der Waals surface area contributed by atoms with Gasteiger partial charge in [0, 0.05) is 24.5 Å². The van der Waals surface area contributed by atoms with Crippen LogP contribution in [-0.2, 0) is 4.79 Å². The first kappa shape index (κ1) is 13.4. The van der Waals surface area contributed by atoms with Gasteiger partial charge in [-0.25, -0.2) is 0 Å². The quantitative estimate of drug-likeness (QED) is 0.792. The molecule has 1 amide bonds. The van der Waals surface area contributed by atoms with Gasteiger partial charge in [-0.3, -0.25) is 14.8 Å². The molecule has 0 spiro atoms. The van der Waals surface area contributed by atoms with Crippen LogP contribution in [0.25, 0.3) is 6.08 Å². The Bertz CT molecular complexity index is 374. The van der Waals surface area contributed by atoms with Crippen molar-refractivity contribution < 1.29 is 4.79 Å². The zero-order valence-electron chi connectivity index (χ0n) is 10.6. The summed E-state index contributed by atoms with van der Waals surface area (Å²) in [6.45, 7) is 6.26. The minimum absolute atomic E-state index is 0.0868. The predicted molar refractivity (Wildman–Crippen MR) is 68.1 cm³/mol. The fourth-order valence-corrected chi connectivity index (χ4v) is 1.53. The molecule has 0 aromatic carbocycles. The van der Waals surface area contributed by atoms with Crippen LogP contribution < -0.4 is 5.32 Å². The maximum absolute atomic E-state index is 11.6. The lowest BCUT2D eigenvalue weighted by molar-refractivity contribution is -0.117. The molecule has 0 aliphatic rings. The first-order valence-corrected chi connectivity index (χ1v) is 5.88. The summed E-state index contributed by atoms with van der Waals surface area (Å²) in [6, 6.07) is 0.217. The number of rotatable bonds is 5. The summed E-state index contributed by atoms with van der Waals surface area (Å²) >= 11 is 0. The van der Waals surface area contributed by atoms with Crippen molar-refractivity contribution in [3.8, 4) is 0 Å². The summed E-state index contributed by atoms with van der Waals surface area (Å²) in [6.07, 6.45) is 8.90. The summed E-state index contributed by atoms with van der Waals surface area (Å²) in [5.41, 5.74) is 0.681. The molecule has 1 unspecified atom stereocenters. The highest BCUT2D eigenvalue weighted by Gasteiger charge is 2.11. The number of carbonyl (C=O) groups is 1. The molecule has 1 atom stereocenters. The van der Waals surface area contributed by atoms with Gasteiger partial charge in [0.2, 0.25) is 5.91 Å². The van der Waals surface area contributed by atoms with Crippen LogP contribution in [-0.4, -0.2) is 21.9 Å². The molecule has 0 aliphatic carbocycles. The highest BCUT2D eigenvalue weighted by molar-refractivity contribution is 5.91. The van der Waals surface area contributed by atoms with E-state index in [1.807, 2.05) is 0 Å². The lowest BCUT2D eigenvalue weighted by Gasteiger charge is -2.19. The van der Waals surface area contributed by atoms with Crippen LogP contribution >= 0.6 is 0 Å². The van der Waals surface area contributed by atoms with Gasteiger partial charge in [0.25, 0.3) is 0 Å². The fourth-order valence-electron chi connectivity index (χ4n) is 1.53. The molecule has 92 valence electrons. The van der Waals surface area contributed by atoms with E-state index in [1.165, 1.54) is 6.08 Å². The molecular weight excluding hydrogens is 214 g/mol. The van der Waals surface area contributed by atoms with E-state index < -0.39 is 0 Å². The van der Waals surface area contributed by atoms with Crippen LogP contribution in [0.2, 0.25) is 0 Å². The highest BCUT2D eigenvalue weighted by atomic mass is 16.1. The van der Waals surface area contributed by atoms with E-state index >= 15 is 0 Å². The van der Waals surface area contributed by atoms with E-state index in [1.54, 1.807) is 24.7 Å². The standard InChI is InChI=1S/C13H19N3O/c1-4-12(10(2)3)16-13(17)6-5-11-9-14-7-8-15-11/h5-10,12H,4H2,1-3H3,(H,16,17). The second kappa shape index (κ2) is 6.78. The first-order chi connectivity index (χ1) is 8.13. The van der Waals surface area contributed by atoms with E-state index in [0.717, 1.165) is 6.42 Å². The van der Waals surface area contributed by atoms with Crippen LogP contribution in [0.4, 0.5) is 0 Å². The summed E-state index contributed by atoms with van der Waals surface area (Å²) < 4.78 is 0. The largest absolute Gasteiger partial charge is 0.350 e. The molecule has 0 fully saturated rings. The summed E-state index contributed by atoms with van der Waals surface area (Å²) in [4.78, 5) is 19.6. The van der Waals surface area contributed by atoms with E-state index in [-0.39, 0.29) is 11.9 Å². The van der Waals surface area contributed by atoms with E-state index in [4.69, 9.17) is 0 Å². The van der Waals surface area contributed by atoms with Gasteiger partial charge in [-0.15, -0.1) is 0 Å². The third-order valence-electron chi connectivity index (χ3n) is 2.56. The lowest BCUT2D eigenvalue weighted by atomic mass is 10.0. The Balaban J connectivity index is 2.52.